The third-order valence-corrected chi connectivity index (χ3v) is 4.14. The molecule has 0 fully saturated rings. The molecule has 0 unspecified atom stereocenters. The minimum atomic E-state index is -0.495. The first-order chi connectivity index (χ1) is 13.0. The molecule has 1 amide bonds. The number of aryl methyl sites for hydroxylation is 1. The third kappa shape index (κ3) is 4.83. The smallest absolute Gasteiger partial charge is 0.307 e. The first kappa shape index (κ1) is 18.8. The first-order valence-electron chi connectivity index (χ1n) is 8.56. The molecule has 0 saturated carbocycles. The van der Waals surface area contributed by atoms with Crippen molar-refractivity contribution in [1.29, 1.82) is 0 Å². The summed E-state index contributed by atoms with van der Waals surface area (Å²) in [5.74, 6) is -0.693. The van der Waals surface area contributed by atoms with E-state index in [-0.39, 0.29) is 38.9 Å². The maximum absolute atomic E-state index is 13.7. The van der Waals surface area contributed by atoms with Crippen LogP contribution in [-0.2, 0) is 27.5 Å². The van der Waals surface area contributed by atoms with E-state index in [1.54, 1.807) is 12.1 Å². The molecule has 0 spiro atoms. The molecule has 0 saturated heterocycles. The summed E-state index contributed by atoms with van der Waals surface area (Å²) in [7, 11) is 0. The Hall–Kier alpha value is -2.93. The molecular formula is C20H20FNO5. The molecule has 0 aliphatic carbocycles. The fraction of sp³-hybridized carbons (Fsp3) is 0.300. The fourth-order valence-corrected chi connectivity index (χ4v) is 2.80. The van der Waals surface area contributed by atoms with Gasteiger partial charge in [0.1, 0.15) is 18.2 Å². The number of esters is 1. The van der Waals surface area contributed by atoms with Gasteiger partial charge in [0.2, 0.25) is 0 Å². The molecule has 6 nitrogen and oxygen atoms in total. The van der Waals surface area contributed by atoms with E-state index in [1.165, 1.54) is 12.1 Å². The number of ether oxygens (including phenoxy) is 3. The summed E-state index contributed by atoms with van der Waals surface area (Å²) in [6.07, 6.45) is 0.0130. The van der Waals surface area contributed by atoms with Crippen molar-refractivity contribution in [1.82, 2.24) is 5.32 Å². The highest BCUT2D eigenvalue weighted by atomic mass is 19.1. The number of hydrogen-bond acceptors (Lipinski definition) is 5. The lowest BCUT2D eigenvalue weighted by Crippen LogP contribution is -2.27. The Morgan fingerprint density at radius 3 is 2.89 bits per heavy atom. The van der Waals surface area contributed by atoms with Crippen LogP contribution in [0.1, 0.15) is 33.5 Å². The van der Waals surface area contributed by atoms with E-state index in [1.807, 2.05) is 19.1 Å². The summed E-state index contributed by atoms with van der Waals surface area (Å²) in [6.45, 7) is 2.21. The number of nitrogens with one attached hydrogen (secondary N) is 1. The highest BCUT2D eigenvalue weighted by Gasteiger charge is 2.18. The molecule has 1 heterocycles. The maximum Gasteiger partial charge on any atom is 0.307 e. The Morgan fingerprint density at radius 2 is 2.07 bits per heavy atom. The molecule has 0 aromatic heterocycles. The lowest BCUT2D eigenvalue weighted by Gasteiger charge is -2.20. The number of hydrogen-bond donors (Lipinski definition) is 1. The zero-order valence-electron chi connectivity index (χ0n) is 14.9. The normalized spacial score (nSPS) is 12.7. The van der Waals surface area contributed by atoms with Crippen LogP contribution in [0.15, 0.2) is 36.4 Å². The molecule has 1 N–H and O–H groups in total. The lowest BCUT2D eigenvalue weighted by molar-refractivity contribution is -0.144. The Balaban J connectivity index is 1.49. The molecule has 0 bridgehead atoms. The number of fused-ring (bicyclic) bond motifs is 1. The van der Waals surface area contributed by atoms with Gasteiger partial charge in [0, 0.05) is 23.2 Å². The Kier molecular flexibility index (Phi) is 6.03. The SMILES string of the molecule is Cc1ccccc1C(=O)NCCC(=O)OCc1cc(F)cc2c1OCOC2. The number of rotatable bonds is 6. The minimum Gasteiger partial charge on any atom is -0.467 e. The molecule has 142 valence electrons. The number of carbonyl (C=O) groups excluding carboxylic acids is 2. The Morgan fingerprint density at radius 1 is 1.26 bits per heavy atom. The van der Waals surface area contributed by atoms with Gasteiger partial charge >= 0.3 is 5.97 Å². The highest BCUT2D eigenvalue weighted by molar-refractivity contribution is 5.95. The molecule has 1 aliphatic heterocycles. The van der Waals surface area contributed by atoms with Gasteiger partial charge in [0.05, 0.1) is 13.0 Å². The number of amides is 1. The number of carbonyl (C=O) groups is 2. The fourth-order valence-electron chi connectivity index (χ4n) is 2.80. The molecule has 3 rings (SSSR count). The molecule has 7 heteroatoms. The van der Waals surface area contributed by atoms with Crippen molar-refractivity contribution in [2.45, 2.75) is 26.6 Å². The van der Waals surface area contributed by atoms with E-state index >= 15 is 0 Å². The van der Waals surface area contributed by atoms with Crippen molar-refractivity contribution in [3.8, 4) is 5.75 Å². The van der Waals surface area contributed by atoms with Gasteiger partial charge in [-0.15, -0.1) is 0 Å². The van der Waals surface area contributed by atoms with Gasteiger partial charge in [-0.2, -0.15) is 0 Å². The standard InChI is InChI=1S/C20H20FNO5/c1-13-4-2-3-5-17(13)20(24)22-7-6-18(23)26-11-15-9-16(21)8-14-10-25-12-27-19(14)15/h2-5,8-9H,6-7,10-12H2,1H3,(H,22,24). The van der Waals surface area contributed by atoms with Crippen LogP contribution >= 0.6 is 0 Å². The monoisotopic (exact) mass is 373 g/mol. The molecule has 27 heavy (non-hydrogen) atoms. The van der Waals surface area contributed by atoms with Crippen molar-refractivity contribution < 1.29 is 28.2 Å². The molecule has 0 atom stereocenters. The van der Waals surface area contributed by atoms with Gasteiger partial charge < -0.3 is 19.5 Å². The van der Waals surface area contributed by atoms with E-state index in [2.05, 4.69) is 5.32 Å². The largest absolute Gasteiger partial charge is 0.467 e. The van der Waals surface area contributed by atoms with Crippen LogP contribution in [0.25, 0.3) is 0 Å². The highest BCUT2D eigenvalue weighted by Crippen LogP contribution is 2.29. The summed E-state index contributed by atoms with van der Waals surface area (Å²) in [4.78, 5) is 24.0. The van der Waals surface area contributed by atoms with Crippen molar-refractivity contribution in [3.05, 3.63) is 64.5 Å². The first-order valence-corrected chi connectivity index (χ1v) is 8.56. The second kappa shape index (κ2) is 8.64. The predicted molar refractivity (Wildman–Crippen MR) is 94.6 cm³/mol. The average molecular weight is 373 g/mol. The van der Waals surface area contributed by atoms with E-state index in [0.717, 1.165) is 5.56 Å². The summed E-state index contributed by atoms with van der Waals surface area (Å²) in [5, 5.41) is 2.69. The Labute approximate surface area is 156 Å². The van der Waals surface area contributed by atoms with E-state index in [4.69, 9.17) is 14.2 Å². The van der Waals surface area contributed by atoms with Crippen LogP contribution in [-0.4, -0.2) is 25.2 Å². The molecule has 2 aromatic carbocycles. The predicted octanol–water partition coefficient (Wildman–Crippen LogP) is 2.86. The van der Waals surface area contributed by atoms with E-state index in [9.17, 15) is 14.0 Å². The van der Waals surface area contributed by atoms with Crippen LogP contribution in [0.4, 0.5) is 4.39 Å². The van der Waals surface area contributed by atoms with Crippen molar-refractivity contribution >= 4 is 11.9 Å². The summed E-state index contributed by atoms with van der Waals surface area (Å²) >= 11 is 0. The van der Waals surface area contributed by atoms with Crippen molar-refractivity contribution in [2.24, 2.45) is 0 Å². The van der Waals surface area contributed by atoms with Gasteiger partial charge in [0.15, 0.2) is 6.79 Å². The van der Waals surface area contributed by atoms with Crippen LogP contribution < -0.4 is 10.1 Å². The van der Waals surface area contributed by atoms with E-state index < -0.39 is 11.8 Å². The van der Waals surface area contributed by atoms with Crippen molar-refractivity contribution in [3.63, 3.8) is 0 Å². The third-order valence-electron chi connectivity index (χ3n) is 4.14. The molecule has 0 radical (unpaired) electrons. The second-order valence-electron chi connectivity index (χ2n) is 6.15. The minimum absolute atomic E-state index is 0.0130. The molecule has 2 aromatic rings. The van der Waals surface area contributed by atoms with Crippen molar-refractivity contribution in [2.75, 3.05) is 13.3 Å². The molecular weight excluding hydrogens is 353 g/mol. The molecule has 1 aliphatic rings. The lowest BCUT2D eigenvalue weighted by atomic mass is 10.1. The van der Waals surface area contributed by atoms with Gasteiger partial charge in [-0.05, 0) is 30.7 Å². The van der Waals surface area contributed by atoms with Crippen LogP contribution in [0, 0.1) is 12.7 Å². The zero-order valence-corrected chi connectivity index (χ0v) is 14.9. The summed E-state index contributed by atoms with van der Waals surface area (Å²) in [6, 6.07) is 9.81. The van der Waals surface area contributed by atoms with E-state index in [0.29, 0.717) is 22.4 Å². The van der Waals surface area contributed by atoms with Crippen LogP contribution in [0.5, 0.6) is 5.75 Å². The topological polar surface area (TPSA) is 73.9 Å². The van der Waals surface area contributed by atoms with Gasteiger partial charge in [-0.3, -0.25) is 9.59 Å². The van der Waals surface area contributed by atoms with Crippen LogP contribution in [0.3, 0.4) is 0 Å². The maximum atomic E-state index is 13.7. The zero-order chi connectivity index (χ0) is 19.2. The second-order valence-corrected chi connectivity index (χ2v) is 6.15. The van der Waals surface area contributed by atoms with Crippen LogP contribution in [0.2, 0.25) is 0 Å². The van der Waals surface area contributed by atoms with Gasteiger partial charge in [0.25, 0.3) is 5.91 Å². The Bertz CT molecular complexity index is 852. The van der Waals surface area contributed by atoms with Gasteiger partial charge in [-0.25, -0.2) is 4.39 Å². The average Bonchev–Trinajstić information content (AvgIpc) is 2.66. The summed E-state index contributed by atoms with van der Waals surface area (Å²) in [5.41, 5.74) is 2.46. The number of benzene rings is 2. The quantitative estimate of drug-likeness (QED) is 0.788. The number of halogens is 1. The van der Waals surface area contributed by atoms with Gasteiger partial charge in [-0.1, -0.05) is 18.2 Å². The summed E-state index contributed by atoms with van der Waals surface area (Å²) < 4.78 is 29.3.